The van der Waals surface area contributed by atoms with Gasteiger partial charge in [0.15, 0.2) is 0 Å². The first-order valence-electron chi connectivity index (χ1n) is 5.70. The Bertz CT molecular complexity index is 576. The Balaban J connectivity index is 2.16. The van der Waals surface area contributed by atoms with Crippen molar-refractivity contribution in [1.29, 1.82) is 0 Å². The Morgan fingerprint density at radius 3 is 2.33 bits per heavy atom. The van der Waals surface area contributed by atoms with Crippen LogP contribution in [0, 0.1) is 13.8 Å². The maximum absolute atomic E-state index is 12.0. The number of nitrogens with one attached hydrogen (secondary N) is 1. The third kappa shape index (κ3) is 2.99. The number of hydrogen-bond acceptors (Lipinski definition) is 1. The molecule has 0 radical (unpaired) electrons. The Kier molecular flexibility index (Phi) is 3.82. The largest absolute Gasteiger partial charge is 0.322 e. The van der Waals surface area contributed by atoms with Gasteiger partial charge in [-0.25, -0.2) is 0 Å². The first-order valence-corrected chi connectivity index (χ1v) is 6.50. The van der Waals surface area contributed by atoms with Gasteiger partial charge in [0.25, 0.3) is 5.91 Å². The molecule has 2 aromatic rings. The number of benzene rings is 2. The van der Waals surface area contributed by atoms with Gasteiger partial charge in [-0.1, -0.05) is 39.7 Å². The summed E-state index contributed by atoms with van der Waals surface area (Å²) >= 11 is 3.45. The van der Waals surface area contributed by atoms with Crippen molar-refractivity contribution >= 4 is 27.5 Å². The van der Waals surface area contributed by atoms with Gasteiger partial charge in [-0.15, -0.1) is 0 Å². The molecule has 0 unspecified atom stereocenters. The molecule has 2 rings (SSSR count). The van der Waals surface area contributed by atoms with E-state index in [0.29, 0.717) is 5.56 Å². The van der Waals surface area contributed by atoms with Crippen molar-refractivity contribution in [2.24, 2.45) is 0 Å². The van der Waals surface area contributed by atoms with E-state index in [0.717, 1.165) is 21.3 Å². The SMILES string of the molecule is Cc1ccc(C(=O)Nc2ccc(C)c(Br)c2)cc1. The molecule has 0 aromatic heterocycles. The van der Waals surface area contributed by atoms with Crippen LogP contribution in [0.5, 0.6) is 0 Å². The number of hydrogen-bond donors (Lipinski definition) is 1. The van der Waals surface area contributed by atoms with Crippen molar-refractivity contribution in [2.45, 2.75) is 13.8 Å². The minimum Gasteiger partial charge on any atom is -0.322 e. The van der Waals surface area contributed by atoms with Gasteiger partial charge in [0.05, 0.1) is 0 Å². The lowest BCUT2D eigenvalue weighted by Gasteiger charge is -2.07. The smallest absolute Gasteiger partial charge is 0.255 e. The van der Waals surface area contributed by atoms with Crippen molar-refractivity contribution in [2.75, 3.05) is 5.32 Å². The highest BCUT2D eigenvalue weighted by atomic mass is 79.9. The molecule has 0 aliphatic rings. The Morgan fingerprint density at radius 2 is 1.72 bits per heavy atom. The van der Waals surface area contributed by atoms with E-state index in [1.54, 1.807) is 0 Å². The van der Waals surface area contributed by atoms with Crippen LogP contribution in [0.2, 0.25) is 0 Å². The van der Waals surface area contributed by atoms with Crippen LogP contribution in [-0.4, -0.2) is 5.91 Å². The molecule has 0 saturated carbocycles. The summed E-state index contributed by atoms with van der Waals surface area (Å²) in [6.45, 7) is 4.01. The van der Waals surface area contributed by atoms with Crippen LogP contribution in [-0.2, 0) is 0 Å². The van der Waals surface area contributed by atoms with Crippen molar-refractivity contribution < 1.29 is 4.79 Å². The number of rotatable bonds is 2. The molecule has 1 amide bonds. The van der Waals surface area contributed by atoms with Crippen molar-refractivity contribution in [3.05, 3.63) is 63.6 Å². The molecule has 3 heteroatoms. The minimum atomic E-state index is -0.0919. The van der Waals surface area contributed by atoms with Crippen LogP contribution in [0.3, 0.4) is 0 Å². The molecule has 0 heterocycles. The zero-order chi connectivity index (χ0) is 13.1. The van der Waals surface area contributed by atoms with Crippen LogP contribution >= 0.6 is 15.9 Å². The summed E-state index contributed by atoms with van der Waals surface area (Å²) in [5, 5.41) is 2.88. The topological polar surface area (TPSA) is 29.1 Å². The summed E-state index contributed by atoms with van der Waals surface area (Å²) < 4.78 is 0.990. The van der Waals surface area contributed by atoms with Gasteiger partial charge in [0, 0.05) is 15.7 Å². The lowest BCUT2D eigenvalue weighted by atomic mass is 10.1. The predicted octanol–water partition coefficient (Wildman–Crippen LogP) is 4.32. The van der Waals surface area contributed by atoms with E-state index >= 15 is 0 Å². The summed E-state index contributed by atoms with van der Waals surface area (Å²) in [6, 6.07) is 13.3. The lowest BCUT2D eigenvalue weighted by molar-refractivity contribution is 0.102. The molecule has 0 saturated heterocycles. The Labute approximate surface area is 115 Å². The van der Waals surface area contributed by atoms with Crippen molar-refractivity contribution in [1.82, 2.24) is 0 Å². The fraction of sp³-hybridized carbons (Fsp3) is 0.133. The molecule has 2 nitrogen and oxygen atoms in total. The molecule has 0 aliphatic carbocycles. The van der Waals surface area contributed by atoms with Crippen molar-refractivity contribution in [3.63, 3.8) is 0 Å². The van der Waals surface area contributed by atoms with Crippen LogP contribution in [0.25, 0.3) is 0 Å². The van der Waals surface area contributed by atoms with Crippen LogP contribution in [0.15, 0.2) is 46.9 Å². The number of aryl methyl sites for hydroxylation is 2. The predicted molar refractivity (Wildman–Crippen MR) is 78.0 cm³/mol. The summed E-state index contributed by atoms with van der Waals surface area (Å²) in [7, 11) is 0. The molecule has 0 spiro atoms. The van der Waals surface area contributed by atoms with Gasteiger partial charge < -0.3 is 5.32 Å². The van der Waals surface area contributed by atoms with Gasteiger partial charge in [0.1, 0.15) is 0 Å². The quantitative estimate of drug-likeness (QED) is 0.879. The number of halogens is 1. The van der Waals surface area contributed by atoms with Gasteiger partial charge in [-0.3, -0.25) is 4.79 Å². The third-order valence-electron chi connectivity index (χ3n) is 2.74. The number of amides is 1. The van der Waals surface area contributed by atoms with Gasteiger partial charge in [0.2, 0.25) is 0 Å². The number of carbonyl (C=O) groups is 1. The summed E-state index contributed by atoms with van der Waals surface area (Å²) in [5.41, 5.74) is 3.74. The summed E-state index contributed by atoms with van der Waals surface area (Å²) in [4.78, 5) is 12.0. The second-order valence-corrected chi connectivity index (χ2v) is 5.14. The Hall–Kier alpha value is -1.61. The Morgan fingerprint density at radius 1 is 1.06 bits per heavy atom. The molecular weight excluding hydrogens is 290 g/mol. The molecule has 0 atom stereocenters. The third-order valence-corrected chi connectivity index (χ3v) is 3.60. The average Bonchev–Trinajstić information content (AvgIpc) is 2.34. The van der Waals surface area contributed by atoms with E-state index in [2.05, 4.69) is 21.2 Å². The first kappa shape index (κ1) is 12.8. The molecule has 92 valence electrons. The van der Waals surface area contributed by atoms with Crippen LogP contribution in [0.1, 0.15) is 21.5 Å². The van der Waals surface area contributed by atoms with E-state index in [9.17, 15) is 4.79 Å². The minimum absolute atomic E-state index is 0.0919. The van der Waals surface area contributed by atoms with E-state index in [4.69, 9.17) is 0 Å². The maximum atomic E-state index is 12.0. The highest BCUT2D eigenvalue weighted by Gasteiger charge is 2.06. The molecule has 0 aliphatic heterocycles. The fourth-order valence-electron chi connectivity index (χ4n) is 1.58. The summed E-state index contributed by atoms with van der Waals surface area (Å²) in [6.07, 6.45) is 0. The highest BCUT2D eigenvalue weighted by molar-refractivity contribution is 9.10. The van der Waals surface area contributed by atoms with E-state index in [1.165, 1.54) is 0 Å². The van der Waals surface area contributed by atoms with Crippen LogP contribution < -0.4 is 5.32 Å². The zero-order valence-electron chi connectivity index (χ0n) is 10.3. The molecular formula is C15H14BrNO. The second-order valence-electron chi connectivity index (χ2n) is 4.28. The number of carbonyl (C=O) groups excluding carboxylic acids is 1. The van der Waals surface area contributed by atoms with Gasteiger partial charge >= 0.3 is 0 Å². The normalized spacial score (nSPS) is 10.2. The maximum Gasteiger partial charge on any atom is 0.255 e. The zero-order valence-corrected chi connectivity index (χ0v) is 11.9. The average molecular weight is 304 g/mol. The van der Waals surface area contributed by atoms with Crippen molar-refractivity contribution in [3.8, 4) is 0 Å². The second kappa shape index (κ2) is 5.36. The molecule has 18 heavy (non-hydrogen) atoms. The molecule has 2 aromatic carbocycles. The van der Waals surface area contributed by atoms with Crippen LogP contribution in [0.4, 0.5) is 5.69 Å². The molecule has 1 N–H and O–H groups in total. The molecule has 0 fully saturated rings. The highest BCUT2D eigenvalue weighted by Crippen LogP contribution is 2.21. The lowest BCUT2D eigenvalue weighted by Crippen LogP contribution is -2.11. The van der Waals surface area contributed by atoms with Gasteiger partial charge in [-0.05, 0) is 43.7 Å². The van der Waals surface area contributed by atoms with E-state index in [1.807, 2.05) is 56.3 Å². The number of anilines is 1. The van der Waals surface area contributed by atoms with E-state index < -0.39 is 0 Å². The summed E-state index contributed by atoms with van der Waals surface area (Å²) in [5.74, 6) is -0.0919. The standard InChI is InChI=1S/C15H14BrNO/c1-10-3-6-12(7-4-10)15(18)17-13-8-5-11(2)14(16)9-13/h3-9H,1-2H3,(H,17,18). The first-order chi connectivity index (χ1) is 8.56. The van der Waals surface area contributed by atoms with Gasteiger partial charge in [-0.2, -0.15) is 0 Å². The molecule has 0 bridgehead atoms. The monoisotopic (exact) mass is 303 g/mol. The fourth-order valence-corrected chi connectivity index (χ4v) is 1.96. The van der Waals surface area contributed by atoms with E-state index in [-0.39, 0.29) is 5.91 Å².